The molecule has 0 aliphatic carbocycles. The highest BCUT2D eigenvalue weighted by molar-refractivity contribution is 6.30. The van der Waals surface area contributed by atoms with Gasteiger partial charge in [0, 0.05) is 5.02 Å². The number of hydrogen-bond donors (Lipinski definition) is 2. The predicted octanol–water partition coefficient (Wildman–Crippen LogP) is 3.36. The van der Waals surface area contributed by atoms with E-state index in [1.165, 1.54) is 0 Å². The Hall–Kier alpha value is -1.79. The molecule has 0 saturated carbocycles. The van der Waals surface area contributed by atoms with Gasteiger partial charge in [-0.3, -0.25) is 9.69 Å². The Morgan fingerprint density at radius 2 is 1.92 bits per heavy atom. The molecule has 144 valence electrons. The fourth-order valence-corrected chi connectivity index (χ4v) is 3.10. The Morgan fingerprint density at radius 3 is 2.58 bits per heavy atom. The Labute approximate surface area is 159 Å². The molecule has 1 aliphatic rings. The Bertz CT molecular complexity index is 622. The smallest absolute Gasteiger partial charge is 0.325 e. The summed E-state index contributed by atoms with van der Waals surface area (Å²) in [7, 11) is 0. The second kappa shape index (κ2) is 9.24. The molecule has 26 heavy (non-hydrogen) atoms. The lowest BCUT2D eigenvalue weighted by Crippen LogP contribution is -2.45. The summed E-state index contributed by atoms with van der Waals surface area (Å²) in [4.78, 5) is 25.9. The van der Waals surface area contributed by atoms with Crippen molar-refractivity contribution in [2.75, 3.05) is 13.2 Å². The van der Waals surface area contributed by atoms with E-state index in [-0.39, 0.29) is 19.1 Å². The first-order valence-electron chi connectivity index (χ1n) is 9.06. The quantitative estimate of drug-likeness (QED) is 0.480. The monoisotopic (exact) mass is 382 g/mol. The van der Waals surface area contributed by atoms with E-state index in [1.807, 2.05) is 0 Å². The van der Waals surface area contributed by atoms with Gasteiger partial charge in [0.05, 0.1) is 6.54 Å². The molecule has 1 aromatic rings. The van der Waals surface area contributed by atoms with Crippen molar-refractivity contribution in [3.8, 4) is 5.75 Å². The van der Waals surface area contributed by atoms with Crippen LogP contribution in [0.25, 0.3) is 0 Å². The van der Waals surface area contributed by atoms with Crippen molar-refractivity contribution >= 4 is 23.5 Å². The number of halogens is 1. The van der Waals surface area contributed by atoms with Gasteiger partial charge < -0.3 is 15.2 Å². The van der Waals surface area contributed by atoms with Crippen molar-refractivity contribution in [2.24, 2.45) is 0 Å². The van der Waals surface area contributed by atoms with Gasteiger partial charge >= 0.3 is 6.03 Å². The van der Waals surface area contributed by atoms with Crippen LogP contribution in [0, 0.1) is 0 Å². The molecule has 2 rings (SSSR count). The van der Waals surface area contributed by atoms with Crippen molar-refractivity contribution in [1.29, 1.82) is 0 Å². The van der Waals surface area contributed by atoms with Crippen LogP contribution in [0.5, 0.6) is 5.75 Å². The van der Waals surface area contributed by atoms with E-state index in [0.717, 1.165) is 30.6 Å². The summed E-state index contributed by atoms with van der Waals surface area (Å²) in [6.45, 7) is 3.75. The third-order valence-electron chi connectivity index (χ3n) is 4.52. The summed E-state index contributed by atoms with van der Waals surface area (Å²) in [5.74, 6) is 0.274. The zero-order valence-corrected chi connectivity index (χ0v) is 16.1. The van der Waals surface area contributed by atoms with Gasteiger partial charge in [-0.15, -0.1) is 0 Å². The lowest BCUT2D eigenvalue weighted by molar-refractivity contribution is -0.132. The lowest BCUT2D eigenvalue weighted by atomic mass is 9.94. The second-order valence-electron chi connectivity index (χ2n) is 6.91. The molecular weight excluding hydrogens is 356 g/mol. The minimum absolute atomic E-state index is 0.0219. The Kier molecular flexibility index (Phi) is 7.29. The summed E-state index contributed by atoms with van der Waals surface area (Å²) in [5.41, 5.74) is -0.887. The van der Waals surface area contributed by atoms with E-state index >= 15 is 0 Å². The van der Waals surface area contributed by atoms with Crippen LogP contribution in [0.3, 0.4) is 0 Å². The van der Waals surface area contributed by atoms with Gasteiger partial charge in [-0.25, -0.2) is 4.79 Å². The minimum Gasteiger partial charge on any atom is -0.491 e. The molecule has 2 N–H and O–H groups in total. The first-order chi connectivity index (χ1) is 12.4. The van der Waals surface area contributed by atoms with Crippen molar-refractivity contribution < 1.29 is 19.4 Å². The molecular formula is C19H27ClN2O4. The maximum Gasteiger partial charge on any atom is 0.325 e. The Balaban J connectivity index is 1.84. The van der Waals surface area contributed by atoms with Gasteiger partial charge in [-0.2, -0.15) is 0 Å². The number of carbonyl (C=O) groups excluding carboxylic acids is 2. The molecule has 0 aromatic heterocycles. The molecule has 2 atom stereocenters. The third kappa shape index (κ3) is 5.35. The van der Waals surface area contributed by atoms with Crippen molar-refractivity contribution in [3.05, 3.63) is 29.3 Å². The number of aliphatic hydroxyl groups excluding tert-OH is 1. The van der Waals surface area contributed by atoms with Gasteiger partial charge in [-0.1, -0.05) is 44.2 Å². The van der Waals surface area contributed by atoms with Crippen LogP contribution in [-0.4, -0.2) is 46.7 Å². The molecule has 3 amide bonds. The number of urea groups is 1. The van der Waals surface area contributed by atoms with E-state index in [4.69, 9.17) is 16.3 Å². The average Bonchev–Trinajstić information content (AvgIpc) is 2.82. The van der Waals surface area contributed by atoms with Crippen molar-refractivity contribution in [3.63, 3.8) is 0 Å². The number of aliphatic hydroxyl groups is 1. The highest BCUT2D eigenvalue weighted by Crippen LogP contribution is 2.24. The molecule has 1 fully saturated rings. The van der Waals surface area contributed by atoms with Crippen molar-refractivity contribution in [1.82, 2.24) is 10.2 Å². The van der Waals surface area contributed by atoms with Gasteiger partial charge in [0.25, 0.3) is 5.91 Å². The number of ether oxygens (including phenoxy) is 1. The molecule has 7 heteroatoms. The minimum atomic E-state index is -0.970. The van der Waals surface area contributed by atoms with Crippen LogP contribution in [0.4, 0.5) is 4.79 Å². The number of benzene rings is 1. The van der Waals surface area contributed by atoms with Crippen molar-refractivity contribution in [2.45, 2.75) is 57.6 Å². The van der Waals surface area contributed by atoms with Gasteiger partial charge in [-0.05, 0) is 37.6 Å². The molecule has 0 spiro atoms. The zero-order valence-electron chi connectivity index (χ0n) is 15.3. The first-order valence-corrected chi connectivity index (χ1v) is 9.44. The van der Waals surface area contributed by atoms with Crippen LogP contribution >= 0.6 is 11.6 Å². The Morgan fingerprint density at radius 1 is 1.23 bits per heavy atom. The van der Waals surface area contributed by atoms with E-state index in [1.54, 1.807) is 31.2 Å². The number of nitrogens with zero attached hydrogens (tertiary/aromatic N) is 1. The van der Waals surface area contributed by atoms with E-state index in [0.29, 0.717) is 17.2 Å². The summed E-state index contributed by atoms with van der Waals surface area (Å²) < 4.78 is 5.47. The van der Waals surface area contributed by atoms with Crippen LogP contribution in [0.15, 0.2) is 24.3 Å². The number of amides is 3. The van der Waals surface area contributed by atoms with Gasteiger partial charge in [0.2, 0.25) is 0 Å². The number of imide groups is 1. The number of nitrogens with one attached hydrogen (secondary N) is 1. The van der Waals surface area contributed by atoms with Gasteiger partial charge in [0.1, 0.15) is 24.0 Å². The summed E-state index contributed by atoms with van der Waals surface area (Å²) in [5, 5.41) is 13.5. The number of rotatable bonds is 10. The number of hydrogen-bond acceptors (Lipinski definition) is 4. The largest absolute Gasteiger partial charge is 0.491 e. The highest BCUT2D eigenvalue weighted by atomic mass is 35.5. The zero-order chi connectivity index (χ0) is 19.2. The fraction of sp³-hybridized carbons (Fsp3) is 0.579. The number of unbranched alkanes of at least 4 members (excludes halogenated alkanes) is 3. The molecule has 1 aromatic carbocycles. The standard InChI is InChI=1S/C19H27ClN2O4/c1-3-4-5-6-11-19(2)17(24)22(18(25)21-19)12-15(23)13-26-16-9-7-14(20)8-10-16/h7-10,15,23H,3-6,11-13H2,1-2H3,(H,21,25)/t15-,19-/m1/s1. The lowest BCUT2D eigenvalue weighted by Gasteiger charge is -2.22. The predicted molar refractivity (Wildman–Crippen MR) is 100 cm³/mol. The van der Waals surface area contributed by atoms with E-state index < -0.39 is 17.7 Å². The van der Waals surface area contributed by atoms with E-state index in [9.17, 15) is 14.7 Å². The van der Waals surface area contributed by atoms with Crippen LogP contribution in [0.2, 0.25) is 5.02 Å². The maximum absolute atomic E-state index is 12.6. The maximum atomic E-state index is 12.6. The highest BCUT2D eigenvalue weighted by Gasteiger charge is 2.47. The SMILES string of the molecule is CCCCCC[C@@]1(C)NC(=O)N(C[C@@H](O)COc2ccc(Cl)cc2)C1=O. The third-order valence-corrected chi connectivity index (χ3v) is 4.78. The molecule has 1 aliphatic heterocycles. The van der Waals surface area contributed by atoms with Crippen LogP contribution in [0.1, 0.15) is 46.0 Å². The number of carbonyl (C=O) groups is 2. The van der Waals surface area contributed by atoms with E-state index in [2.05, 4.69) is 12.2 Å². The fourth-order valence-electron chi connectivity index (χ4n) is 2.97. The summed E-state index contributed by atoms with van der Waals surface area (Å²) in [6.07, 6.45) is 3.78. The normalized spacial score (nSPS) is 21.0. The molecule has 1 saturated heterocycles. The topological polar surface area (TPSA) is 78.9 Å². The van der Waals surface area contributed by atoms with Crippen LogP contribution < -0.4 is 10.1 Å². The molecule has 1 heterocycles. The second-order valence-corrected chi connectivity index (χ2v) is 7.34. The molecule has 6 nitrogen and oxygen atoms in total. The summed E-state index contributed by atoms with van der Waals surface area (Å²) >= 11 is 5.81. The average molecular weight is 383 g/mol. The molecule has 0 bridgehead atoms. The van der Waals surface area contributed by atoms with Gasteiger partial charge in [0.15, 0.2) is 0 Å². The van der Waals surface area contributed by atoms with Crippen LogP contribution in [-0.2, 0) is 4.79 Å². The number of β-amino-alcohol motifs (C(OH)–C–C–N with tert-alkyl or cyclic N) is 1. The molecule has 0 unspecified atom stereocenters. The summed E-state index contributed by atoms with van der Waals surface area (Å²) in [6, 6.07) is 6.29. The molecule has 0 radical (unpaired) electrons. The first kappa shape index (κ1) is 20.5.